The van der Waals surface area contributed by atoms with Crippen LogP contribution in [0.1, 0.15) is 40.2 Å². The lowest BCUT2D eigenvalue weighted by molar-refractivity contribution is 0.103. The molecule has 0 amide bonds. The molecule has 0 radical (unpaired) electrons. The van der Waals surface area contributed by atoms with Crippen LogP contribution in [0.5, 0.6) is 5.75 Å². The third-order valence-corrected chi connectivity index (χ3v) is 5.02. The number of rotatable bonds is 7. The predicted molar refractivity (Wildman–Crippen MR) is 108 cm³/mol. The Morgan fingerprint density at radius 1 is 1.14 bits per heavy atom. The molecule has 9 heteroatoms. The summed E-state index contributed by atoms with van der Waals surface area (Å²) in [5, 5.41) is 4.94. The Bertz CT molecular complexity index is 1120. The molecule has 29 heavy (non-hydrogen) atoms. The Hall–Kier alpha value is -3.17. The van der Waals surface area contributed by atoms with Gasteiger partial charge in [0.25, 0.3) is 10.2 Å². The number of benzene rings is 2. The van der Waals surface area contributed by atoms with Crippen molar-refractivity contribution in [2.75, 3.05) is 11.8 Å². The highest BCUT2D eigenvalue weighted by atomic mass is 32.2. The highest BCUT2D eigenvalue weighted by molar-refractivity contribution is 7.90. The van der Waals surface area contributed by atoms with Gasteiger partial charge in [-0.25, -0.2) is 9.53 Å². The zero-order valence-electron chi connectivity index (χ0n) is 15.8. The molecule has 0 saturated carbocycles. The van der Waals surface area contributed by atoms with Crippen molar-refractivity contribution in [3.63, 3.8) is 0 Å². The van der Waals surface area contributed by atoms with Gasteiger partial charge in [0.2, 0.25) is 5.78 Å². The average molecular weight is 417 g/mol. The maximum atomic E-state index is 14.5. The largest absolute Gasteiger partial charge is 0.497 e. The summed E-state index contributed by atoms with van der Waals surface area (Å²) in [5.41, 5.74) is 1.83. The minimum absolute atomic E-state index is 0.141. The minimum atomic E-state index is -3.87. The molecule has 0 bridgehead atoms. The van der Waals surface area contributed by atoms with Gasteiger partial charge in [0, 0.05) is 23.2 Å². The number of anilines is 1. The number of nitrogens with two attached hydrogens (primary N) is 1. The lowest BCUT2D eigenvalue weighted by atomic mass is 9.97. The highest BCUT2D eigenvalue weighted by Crippen LogP contribution is 2.28. The van der Waals surface area contributed by atoms with E-state index in [2.05, 4.69) is 9.71 Å². The Balaban J connectivity index is 1.82. The van der Waals surface area contributed by atoms with Crippen LogP contribution >= 0.6 is 0 Å². The summed E-state index contributed by atoms with van der Waals surface area (Å²) in [4.78, 5) is 15.5. The maximum Gasteiger partial charge on any atom is 0.296 e. The summed E-state index contributed by atoms with van der Waals surface area (Å²) < 4.78 is 43.9. The van der Waals surface area contributed by atoms with Crippen LogP contribution in [-0.2, 0) is 10.2 Å². The van der Waals surface area contributed by atoms with Gasteiger partial charge in [0.1, 0.15) is 11.6 Å². The second-order valence-electron chi connectivity index (χ2n) is 6.49. The molecule has 3 rings (SSSR count). The number of halogens is 1. The molecule has 1 atom stereocenters. The van der Waals surface area contributed by atoms with E-state index in [-0.39, 0.29) is 17.2 Å². The number of ketones is 1. The van der Waals surface area contributed by atoms with Crippen LogP contribution < -0.4 is 14.6 Å². The van der Waals surface area contributed by atoms with E-state index in [0.717, 1.165) is 5.56 Å². The molecule has 1 heterocycles. The number of methoxy groups -OCH3 is 1. The molecule has 3 aromatic rings. The summed E-state index contributed by atoms with van der Waals surface area (Å²) in [6.45, 7) is 1.78. The fourth-order valence-corrected chi connectivity index (χ4v) is 3.42. The molecule has 0 aliphatic heterocycles. The van der Waals surface area contributed by atoms with Crippen LogP contribution in [0.3, 0.4) is 0 Å². The molecule has 152 valence electrons. The van der Waals surface area contributed by atoms with E-state index in [1.807, 2.05) is 0 Å². The van der Waals surface area contributed by atoms with Crippen molar-refractivity contribution in [2.24, 2.45) is 5.14 Å². The monoisotopic (exact) mass is 417 g/mol. The van der Waals surface area contributed by atoms with Crippen molar-refractivity contribution in [2.45, 2.75) is 12.8 Å². The van der Waals surface area contributed by atoms with E-state index < -0.39 is 21.9 Å². The van der Waals surface area contributed by atoms with Gasteiger partial charge < -0.3 is 9.72 Å². The van der Waals surface area contributed by atoms with E-state index >= 15 is 0 Å². The van der Waals surface area contributed by atoms with Crippen molar-refractivity contribution < 1.29 is 22.3 Å². The van der Waals surface area contributed by atoms with Gasteiger partial charge in [-0.05, 0) is 42.0 Å². The summed E-state index contributed by atoms with van der Waals surface area (Å²) in [5.74, 6) is -0.636. The first-order valence-corrected chi connectivity index (χ1v) is 10.2. The fraction of sp³-hybridized carbons (Fsp3) is 0.150. The molecule has 0 spiro atoms. The van der Waals surface area contributed by atoms with Crippen LogP contribution in [0.2, 0.25) is 0 Å². The molecule has 0 aliphatic rings. The fourth-order valence-electron chi connectivity index (χ4n) is 2.95. The second-order valence-corrected chi connectivity index (χ2v) is 7.79. The lowest BCUT2D eigenvalue weighted by Gasteiger charge is -2.12. The number of aromatic amines is 1. The highest BCUT2D eigenvalue weighted by Gasteiger charge is 2.20. The van der Waals surface area contributed by atoms with Crippen LogP contribution in [0.4, 0.5) is 10.1 Å². The number of carbonyl (C=O) groups excluding carboxylic acids is 1. The smallest absolute Gasteiger partial charge is 0.296 e. The number of nitrogens with one attached hydrogen (secondary N) is 2. The number of aromatic nitrogens is 1. The Morgan fingerprint density at radius 2 is 1.76 bits per heavy atom. The quantitative estimate of drug-likeness (QED) is 0.512. The van der Waals surface area contributed by atoms with Gasteiger partial charge in [0.15, 0.2) is 0 Å². The van der Waals surface area contributed by atoms with E-state index in [9.17, 15) is 17.6 Å². The topological polar surface area (TPSA) is 114 Å². The van der Waals surface area contributed by atoms with Crippen molar-refractivity contribution >= 4 is 21.7 Å². The van der Waals surface area contributed by atoms with Gasteiger partial charge in [-0.15, -0.1) is 0 Å². The third kappa shape index (κ3) is 4.82. The Kier molecular flexibility index (Phi) is 5.71. The molecular formula is C20H20FN3O4S. The predicted octanol–water partition coefficient (Wildman–Crippen LogP) is 3.16. The second kappa shape index (κ2) is 8.06. The van der Waals surface area contributed by atoms with Crippen LogP contribution in [-0.4, -0.2) is 26.3 Å². The molecule has 4 N–H and O–H groups in total. The Morgan fingerprint density at radius 3 is 2.31 bits per heavy atom. The Labute approximate surface area is 167 Å². The van der Waals surface area contributed by atoms with E-state index in [0.29, 0.717) is 17.0 Å². The zero-order valence-corrected chi connectivity index (χ0v) is 16.6. The van der Waals surface area contributed by atoms with Crippen molar-refractivity contribution in [3.8, 4) is 5.75 Å². The zero-order chi connectivity index (χ0) is 21.2. The molecule has 0 fully saturated rings. The standard InChI is InChI=1S/C20H20FN3O4S/c1-12(13-3-7-15(8-4-13)24-29(22,26)27)19-17(21)11-18(23-19)20(25)14-5-9-16(28-2)10-6-14/h3-12,23-24H,1-2H3,(H2,22,26,27). The SMILES string of the molecule is COc1ccc(C(=O)c2cc(F)c(C(C)c3ccc(NS(N)(=O)=O)cc3)[nH]2)cc1. The van der Waals surface area contributed by atoms with E-state index in [4.69, 9.17) is 9.88 Å². The van der Waals surface area contributed by atoms with Gasteiger partial charge in [-0.1, -0.05) is 19.1 Å². The summed E-state index contributed by atoms with van der Waals surface area (Å²) in [6.07, 6.45) is 0. The van der Waals surface area contributed by atoms with Gasteiger partial charge in [0.05, 0.1) is 18.5 Å². The molecular weight excluding hydrogens is 397 g/mol. The van der Waals surface area contributed by atoms with Crippen molar-refractivity contribution in [3.05, 3.63) is 82.9 Å². The molecule has 0 saturated heterocycles. The first-order valence-electron chi connectivity index (χ1n) is 8.65. The number of carbonyl (C=O) groups is 1. The minimum Gasteiger partial charge on any atom is -0.497 e. The molecule has 1 unspecified atom stereocenters. The first-order chi connectivity index (χ1) is 13.7. The summed E-state index contributed by atoms with van der Waals surface area (Å²) >= 11 is 0. The summed E-state index contributed by atoms with van der Waals surface area (Å²) in [7, 11) is -2.34. The third-order valence-electron chi connectivity index (χ3n) is 4.50. The van der Waals surface area contributed by atoms with Crippen LogP contribution in [0, 0.1) is 5.82 Å². The number of ether oxygens (including phenoxy) is 1. The van der Waals surface area contributed by atoms with E-state index in [1.165, 1.54) is 25.3 Å². The van der Waals surface area contributed by atoms with Crippen molar-refractivity contribution in [1.29, 1.82) is 0 Å². The van der Waals surface area contributed by atoms with Gasteiger partial charge in [-0.2, -0.15) is 8.42 Å². The number of H-pyrrole nitrogens is 1. The maximum absolute atomic E-state index is 14.5. The van der Waals surface area contributed by atoms with Crippen molar-refractivity contribution in [1.82, 2.24) is 4.98 Å². The summed E-state index contributed by atoms with van der Waals surface area (Å²) in [6, 6.07) is 14.1. The normalized spacial score (nSPS) is 12.4. The number of hydrogen-bond acceptors (Lipinski definition) is 4. The molecule has 2 aromatic carbocycles. The van der Waals surface area contributed by atoms with Gasteiger partial charge in [-0.3, -0.25) is 9.52 Å². The van der Waals surface area contributed by atoms with Crippen LogP contribution in [0.15, 0.2) is 54.6 Å². The first kappa shape index (κ1) is 20.6. The molecule has 7 nitrogen and oxygen atoms in total. The number of hydrogen-bond donors (Lipinski definition) is 3. The molecule has 1 aromatic heterocycles. The molecule has 0 aliphatic carbocycles. The van der Waals surface area contributed by atoms with Gasteiger partial charge >= 0.3 is 0 Å². The van der Waals surface area contributed by atoms with E-state index in [1.54, 1.807) is 43.3 Å². The lowest BCUT2D eigenvalue weighted by Crippen LogP contribution is -2.21. The average Bonchev–Trinajstić information content (AvgIpc) is 3.08. The van der Waals surface area contributed by atoms with Crippen LogP contribution in [0.25, 0.3) is 0 Å².